The molecule has 2 N–H and O–H groups in total. The van der Waals surface area contributed by atoms with Crippen molar-refractivity contribution in [2.75, 3.05) is 13.2 Å². The minimum absolute atomic E-state index is 0.273. The van der Waals surface area contributed by atoms with E-state index in [4.69, 9.17) is 4.74 Å². The lowest BCUT2D eigenvalue weighted by molar-refractivity contribution is 0.104. The molecule has 0 fully saturated rings. The number of aromatic amines is 1. The van der Waals surface area contributed by atoms with Crippen molar-refractivity contribution in [3.63, 3.8) is 0 Å². The van der Waals surface area contributed by atoms with Gasteiger partial charge in [0.2, 0.25) is 0 Å². The van der Waals surface area contributed by atoms with Gasteiger partial charge in [-0.05, 0) is 25.8 Å². The van der Waals surface area contributed by atoms with Crippen molar-refractivity contribution in [3.05, 3.63) is 18.0 Å². The van der Waals surface area contributed by atoms with Crippen molar-refractivity contribution in [2.45, 2.75) is 39.8 Å². The van der Waals surface area contributed by atoms with E-state index in [-0.39, 0.29) is 6.04 Å². The average Bonchev–Trinajstić information content (AvgIpc) is 2.76. The number of ether oxygens (including phenoxy) is 1. The molecule has 0 aliphatic heterocycles. The molecule has 4 heteroatoms. The Kier molecular flexibility index (Phi) is 5.49. The van der Waals surface area contributed by atoms with Gasteiger partial charge in [0.05, 0.1) is 12.3 Å². The Morgan fingerprint density at radius 3 is 2.69 bits per heavy atom. The molecule has 0 bridgehead atoms. The fourth-order valence-electron chi connectivity index (χ4n) is 1.60. The summed E-state index contributed by atoms with van der Waals surface area (Å²) in [6.07, 6.45) is 1.78. The summed E-state index contributed by atoms with van der Waals surface area (Å²) in [6.45, 7) is 10.1. The molecule has 0 aromatic carbocycles. The molecule has 0 spiro atoms. The first-order valence-electron chi connectivity index (χ1n) is 5.98. The zero-order valence-corrected chi connectivity index (χ0v) is 10.7. The highest BCUT2D eigenvalue weighted by molar-refractivity contribution is 5.03. The van der Waals surface area contributed by atoms with Gasteiger partial charge >= 0.3 is 0 Å². The van der Waals surface area contributed by atoms with Crippen molar-refractivity contribution in [1.82, 2.24) is 15.5 Å². The predicted octanol–water partition coefficient (Wildman–Crippen LogP) is 2.12. The third-order valence-corrected chi connectivity index (χ3v) is 2.76. The van der Waals surface area contributed by atoms with Crippen LogP contribution in [0.25, 0.3) is 0 Å². The molecular weight excluding hydrogens is 202 g/mol. The summed E-state index contributed by atoms with van der Waals surface area (Å²) in [5.74, 6) is 0.553. The van der Waals surface area contributed by atoms with E-state index in [9.17, 15) is 0 Å². The molecule has 2 atom stereocenters. The maximum Gasteiger partial charge on any atom is 0.0622 e. The van der Waals surface area contributed by atoms with Crippen LogP contribution >= 0.6 is 0 Å². The van der Waals surface area contributed by atoms with Crippen LogP contribution in [-0.4, -0.2) is 29.5 Å². The third-order valence-electron chi connectivity index (χ3n) is 2.76. The molecule has 0 aliphatic rings. The lowest BCUT2D eigenvalue weighted by Crippen LogP contribution is -2.39. The maximum atomic E-state index is 5.49. The topological polar surface area (TPSA) is 49.9 Å². The number of aromatic nitrogens is 2. The van der Waals surface area contributed by atoms with Crippen molar-refractivity contribution < 1.29 is 4.74 Å². The highest BCUT2D eigenvalue weighted by atomic mass is 16.5. The summed E-state index contributed by atoms with van der Waals surface area (Å²) >= 11 is 0. The van der Waals surface area contributed by atoms with Crippen LogP contribution in [0.1, 0.15) is 39.4 Å². The summed E-state index contributed by atoms with van der Waals surface area (Å²) in [7, 11) is 0. The third kappa shape index (κ3) is 3.94. The molecule has 0 aliphatic carbocycles. The molecule has 1 heterocycles. The Hall–Kier alpha value is -0.870. The van der Waals surface area contributed by atoms with Gasteiger partial charge in [-0.2, -0.15) is 5.10 Å². The van der Waals surface area contributed by atoms with Crippen LogP contribution in [0.3, 0.4) is 0 Å². The van der Waals surface area contributed by atoms with Gasteiger partial charge in [-0.25, -0.2) is 0 Å². The first kappa shape index (κ1) is 13.2. The van der Waals surface area contributed by atoms with Gasteiger partial charge in [-0.3, -0.25) is 5.10 Å². The quantitative estimate of drug-likeness (QED) is 0.747. The molecular formula is C12H23N3O. The second-order valence-corrected chi connectivity index (χ2v) is 4.41. The standard InChI is InChI=1S/C12H23N3O/c1-5-16-8-12(9(2)3)14-10(4)11-6-7-13-15-11/h6-7,9-10,12,14H,5,8H2,1-4H3,(H,13,15). The van der Waals surface area contributed by atoms with E-state index in [1.165, 1.54) is 0 Å². The van der Waals surface area contributed by atoms with Gasteiger partial charge in [0.1, 0.15) is 0 Å². The van der Waals surface area contributed by atoms with Crippen molar-refractivity contribution in [1.29, 1.82) is 0 Å². The first-order valence-corrected chi connectivity index (χ1v) is 5.98. The number of hydrogen-bond donors (Lipinski definition) is 2. The molecule has 0 saturated carbocycles. The zero-order valence-electron chi connectivity index (χ0n) is 10.7. The van der Waals surface area contributed by atoms with E-state index >= 15 is 0 Å². The highest BCUT2D eigenvalue weighted by Crippen LogP contribution is 2.12. The monoisotopic (exact) mass is 225 g/mol. The van der Waals surface area contributed by atoms with E-state index in [1.54, 1.807) is 6.20 Å². The van der Waals surface area contributed by atoms with Crippen LogP contribution in [0.4, 0.5) is 0 Å². The summed E-state index contributed by atoms with van der Waals surface area (Å²) in [4.78, 5) is 0. The van der Waals surface area contributed by atoms with Crippen molar-refractivity contribution >= 4 is 0 Å². The number of rotatable bonds is 7. The Balaban J connectivity index is 2.47. The van der Waals surface area contributed by atoms with Crippen LogP contribution in [0.2, 0.25) is 0 Å². The minimum atomic E-state index is 0.273. The van der Waals surface area contributed by atoms with E-state index in [0.29, 0.717) is 12.0 Å². The molecule has 0 saturated heterocycles. The predicted molar refractivity (Wildman–Crippen MR) is 65.3 cm³/mol. The zero-order chi connectivity index (χ0) is 12.0. The van der Waals surface area contributed by atoms with Crippen molar-refractivity contribution in [2.24, 2.45) is 5.92 Å². The lowest BCUT2D eigenvalue weighted by atomic mass is 10.0. The Morgan fingerprint density at radius 1 is 1.44 bits per heavy atom. The number of H-pyrrole nitrogens is 1. The minimum Gasteiger partial charge on any atom is -0.380 e. The molecule has 1 aromatic rings. The Labute approximate surface area is 97.8 Å². The number of nitrogens with zero attached hydrogens (tertiary/aromatic N) is 1. The fourth-order valence-corrected chi connectivity index (χ4v) is 1.60. The summed E-state index contributed by atoms with van der Waals surface area (Å²) in [5.41, 5.74) is 1.11. The second-order valence-electron chi connectivity index (χ2n) is 4.41. The SMILES string of the molecule is CCOCC(NC(C)c1ccn[nH]1)C(C)C. The highest BCUT2D eigenvalue weighted by Gasteiger charge is 2.17. The maximum absolute atomic E-state index is 5.49. The van der Waals surface area contributed by atoms with Crippen LogP contribution in [0.5, 0.6) is 0 Å². The van der Waals surface area contributed by atoms with E-state index < -0.39 is 0 Å². The summed E-state index contributed by atoms with van der Waals surface area (Å²) in [5, 5.41) is 10.5. The van der Waals surface area contributed by atoms with E-state index in [2.05, 4.69) is 36.3 Å². The average molecular weight is 225 g/mol. The molecule has 1 aromatic heterocycles. The van der Waals surface area contributed by atoms with Crippen LogP contribution in [0.15, 0.2) is 12.3 Å². The van der Waals surface area contributed by atoms with Gasteiger partial charge in [0.25, 0.3) is 0 Å². The van der Waals surface area contributed by atoms with Crippen LogP contribution < -0.4 is 5.32 Å². The van der Waals surface area contributed by atoms with Crippen LogP contribution in [0, 0.1) is 5.92 Å². The fraction of sp³-hybridized carbons (Fsp3) is 0.750. The molecule has 92 valence electrons. The smallest absolute Gasteiger partial charge is 0.0622 e. The molecule has 0 amide bonds. The van der Waals surface area contributed by atoms with E-state index in [0.717, 1.165) is 18.9 Å². The lowest BCUT2D eigenvalue weighted by Gasteiger charge is -2.25. The number of hydrogen-bond acceptors (Lipinski definition) is 3. The van der Waals surface area contributed by atoms with Gasteiger partial charge in [0.15, 0.2) is 0 Å². The second kappa shape index (κ2) is 6.66. The Bertz CT molecular complexity index is 272. The van der Waals surface area contributed by atoms with Gasteiger partial charge in [-0.1, -0.05) is 13.8 Å². The Morgan fingerprint density at radius 2 is 2.19 bits per heavy atom. The summed E-state index contributed by atoms with van der Waals surface area (Å²) in [6, 6.07) is 2.64. The van der Waals surface area contributed by atoms with E-state index in [1.807, 2.05) is 13.0 Å². The molecule has 1 rings (SSSR count). The van der Waals surface area contributed by atoms with Gasteiger partial charge in [-0.15, -0.1) is 0 Å². The molecule has 4 nitrogen and oxygen atoms in total. The summed E-state index contributed by atoms with van der Waals surface area (Å²) < 4.78 is 5.49. The molecule has 0 radical (unpaired) electrons. The normalized spacial score (nSPS) is 15.3. The molecule has 16 heavy (non-hydrogen) atoms. The first-order chi connectivity index (χ1) is 7.65. The van der Waals surface area contributed by atoms with Crippen LogP contribution in [-0.2, 0) is 4.74 Å². The largest absolute Gasteiger partial charge is 0.380 e. The number of nitrogens with one attached hydrogen (secondary N) is 2. The van der Waals surface area contributed by atoms with Gasteiger partial charge in [0, 0.05) is 24.9 Å². The van der Waals surface area contributed by atoms with Crippen molar-refractivity contribution in [3.8, 4) is 0 Å². The molecule has 2 unspecified atom stereocenters. The van der Waals surface area contributed by atoms with Gasteiger partial charge < -0.3 is 10.1 Å².